The molecular formula is C20H35N3O2. The van der Waals surface area contributed by atoms with Gasteiger partial charge in [0.05, 0.1) is 6.17 Å². The zero-order valence-corrected chi connectivity index (χ0v) is 15.8. The third-order valence-corrected chi connectivity index (χ3v) is 7.04. The van der Waals surface area contributed by atoms with Gasteiger partial charge in [-0.25, -0.2) is 0 Å². The molecule has 4 rings (SSSR count). The van der Waals surface area contributed by atoms with Crippen molar-refractivity contribution in [3.63, 3.8) is 0 Å². The Morgan fingerprint density at radius 1 is 1.12 bits per heavy atom. The van der Waals surface area contributed by atoms with Gasteiger partial charge in [-0.1, -0.05) is 6.92 Å². The van der Waals surface area contributed by atoms with E-state index in [1.165, 1.54) is 51.7 Å². The van der Waals surface area contributed by atoms with E-state index in [1.807, 2.05) is 0 Å². The van der Waals surface area contributed by atoms with E-state index in [0.717, 1.165) is 32.0 Å². The molecule has 0 aromatic heterocycles. The summed E-state index contributed by atoms with van der Waals surface area (Å²) in [7, 11) is 0. The molecule has 3 saturated heterocycles. The fourth-order valence-corrected chi connectivity index (χ4v) is 5.56. The van der Waals surface area contributed by atoms with Crippen LogP contribution in [0.4, 0.5) is 0 Å². The molecule has 1 aliphatic carbocycles. The fourth-order valence-electron chi connectivity index (χ4n) is 5.56. The van der Waals surface area contributed by atoms with Crippen molar-refractivity contribution in [1.82, 2.24) is 15.1 Å². The number of carbonyl (C=O) groups excluding carboxylic acids is 1. The molecule has 3 heterocycles. The average molecular weight is 350 g/mol. The molecule has 1 saturated carbocycles. The Morgan fingerprint density at radius 3 is 2.72 bits per heavy atom. The quantitative estimate of drug-likeness (QED) is 0.791. The molecule has 5 unspecified atom stereocenters. The van der Waals surface area contributed by atoms with Gasteiger partial charge in [0.25, 0.3) is 0 Å². The van der Waals surface area contributed by atoms with Crippen molar-refractivity contribution in [2.45, 2.75) is 64.1 Å². The van der Waals surface area contributed by atoms with Gasteiger partial charge in [0.2, 0.25) is 0 Å². The number of hydrogen-bond donors (Lipinski definition) is 1. The van der Waals surface area contributed by atoms with Gasteiger partial charge in [-0.15, -0.1) is 0 Å². The van der Waals surface area contributed by atoms with Gasteiger partial charge in [-0.3, -0.25) is 9.69 Å². The van der Waals surface area contributed by atoms with Crippen LogP contribution in [0.5, 0.6) is 0 Å². The van der Waals surface area contributed by atoms with Crippen LogP contribution >= 0.6 is 0 Å². The summed E-state index contributed by atoms with van der Waals surface area (Å²) in [5.74, 6) is 1.94. The monoisotopic (exact) mass is 349 g/mol. The molecular weight excluding hydrogens is 314 g/mol. The van der Waals surface area contributed by atoms with E-state index in [1.54, 1.807) is 0 Å². The number of rotatable bonds is 3. The summed E-state index contributed by atoms with van der Waals surface area (Å²) in [5.41, 5.74) is 0. The van der Waals surface area contributed by atoms with E-state index in [9.17, 15) is 4.79 Å². The summed E-state index contributed by atoms with van der Waals surface area (Å²) in [6.45, 7) is 9.26. The first-order valence-electron chi connectivity index (χ1n) is 10.6. The topological polar surface area (TPSA) is 44.8 Å². The molecule has 3 aliphatic heterocycles. The smallest absolute Gasteiger partial charge is 0.306 e. The molecule has 5 heteroatoms. The Hall–Kier alpha value is -0.650. The molecule has 0 spiro atoms. The van der Waals surface area contributed by atoms with Crippen LogP contribution in [0.1, 0.15) is 51.9 Å². The number of fused-ring (bicyclic) bond motifs is 1. The number of nitrogens with one attached hydrogen (secondary N) is 1. The van der Waals surface area contributed by atoms with Crippen molar-refractivity contribution in [1.29, 1.82) is 0 Å². The first-order chi connectivity index (χ1) is 12.2. The highest BCUT2D eigenvalue weighted by atomic mass is 16.5. The van der Waals surface area contributed by atoms with Crippen LogP contribution in [0.25, 0.3) is 0 Å². The lowest BCUT2D eigenvalue weighted by atomic mass is 9.71. The van der Waals surface area contributed by atoms with Gasteiger partial charge >= 0.3 is 5.97 Å². The molecule has 0 bridgehead atoms. The van der Waals surface area contributed by atoms with E-state index in [4.69, 9.17) is 4.74 Å². The summed E-state index contributed by atoms with van der Waals surface area (Å²) in [6, 6.07) is 0. The Labute approximate surface area is 152 Å². The van der Waals surface area contributed by atoms with Gasteiger partial charge in [-0.2, -0.15) is 0 Å². The molecule has 25 heavy (non-hydrogen) atoms. The second-order valence-corrected chi connectivity index (χ2v) is 8.88. The highest BCUT2D eigenvalue weighted by Crippen LogP contribution is 2.40. The summed E-state index contributed by atoms with van der Waals surface area (Å²) < 4.78 is 5.68. The number of esters is 1. The highest BCUT2D eigenvalue weighted by molar-refractivity contribution is 5.70. The van der Waals surface area contributed by atoms with Crippen LogP contribution in [-0.2, 0) is 9.53 Å². The minimum Gasteiger partial charge on any atom is -0.462 e. The van der Waals surface area contributed by atoms with Gasteiger partial charge in [0.1, 0.15) is 6.10 Å². The van der Waals surface area contributed by atoms with Crippen molar-refractivity contribution in [2.24, 2.45) is 17.8 Å². The number of piperidine rings is 1. The summed E-state index contributed by atoms with van der Waals surface area (Å²) >= 11 is 0. The number of hydrogen-bond acceptors (Lipinski definition) is 5. The van der Waals surface area contributed by atoms with Crippen molar-refractivity contribution < 1.29 is 9.53 Å². The van der Waals surface area contributed by atoms with Gasteiger partial charge in [0, 0.05) is 45.1 Å². The maximum Gasteiger partial charge on any atom is 0.306 e. The van der Waals surface area contributed by atoms with Crippen LogP contribution in [0.15, 0.2) is 0 Å². The van der Waals surface area contributed by atoms with E-state index in [0.29, 0.717) is 24.4 Å². The largest absolute Gasteiger partial charge is 0.462 e. The second-order valence-electron chi connectivity index (χ2n) is 8.88. The summed E-state index contributed by atoms with van der Waals surface area (Å²) in [6.07, 6.45) is 8.98. The third-order valence-electron chi connectivity index (χ3n) is 7.04. The van der Waals surface area contributed by atoms with Crippen LogP contribution < -0.4 is 5.32 Å². The molecule has 142 valence electrons. The van der Waals surface area contributed by atoms with Crippen LogP contribution in [-0.4, -0.2) is 67.3 Å². The zero-order chi connectivity index (χ0) is 17.2. The Bertz CT molecular complexity index is 458. The third kappa shape index (κ3) is 4.20. The Kier molecular flexibility index (Phi) is 5.63. The number of piperazine rings is 1. The Balaban J connectivity index is 1.30. The fraction of sp³-hybridized carbons (Fsp3) is 0.950. The molecule has 1 N–H and O–H groups in total. The molecule has 4 fully saturated rings. The van der Waals surface area contributed by atoms with Gasteiger partial charge in [-0.05, 0) is 56.9 Å². The number of carbonyl (C=O) groups is 1. The first kappa shape index (κ1) is 17.7. The van der Waals surface area contributed by atoms with E-state index < -0.39 is 0 Å². The SMILES string of the molecule is CC1CCC2OC(=O)CC(CN3CCN(C4CCCCN4)CC3)C2C1. The predicted octanol–water partition coefficient (Wildman–Crippen LogP) is 2.07. The zero-order valence-electron chi connectivity index (χ0n) is 15.8. The first-order valence-corrected chi connectivity index (χ1v) is 10.6. The van der Waals surface area contributed by atoms with Crippen LogP contribution in [0.2, 0.25) is 0 Å². The molecule has 5 nitrogen and oxygen atoms in total. The van der Waals surface area contributed by atoms with Crippen molar-refractivity contribution >= 4 is 5.97 Å². The lowest BCUT2D eigenvalue weighted by molar-refractivity contribution is -0.168. The maximum absolute atomic E-state index is 12.1. The van der Waals surface area contributed by atoms with E-state index in [2.05, 4.69) is 22.0 Å². The number of nitrogens with zero attached hydrogens (tertiary/aromatic N) is 2. The standard InChI is InChI=1S/C20H35N3O2/c1-15-5-6-18-17(12-15)16(13-20(24)25-18)14-22-8-10-23(11-9-22)19-4-2-3-7-21-19/h15-19,21H,2-14H2,1H3. The lowest BCUT2D eigenvalue weighted by Crippen LogP contribution is -2.57. The number of ether oxygens (including phenoxy) is 1. The van der Waals surface area contributed by atoms with Crippen LogP contribution in [0, 0.1) is 17.8 Å². The molecule has 4 aliphatic rings. The predicted molar refractivity (Wildman–Crippen MR) is 98.1 cm³/mol. The minimum absolute atomic E-state index is 0.0471. The van der Waals surface area contributed by atoms with Crippen molar-refractivity contribution in [3.05, 3.63) is 0 Å². The lowest BCUT2D eigenvalue weighted by Gasteiger charge is -2.46. The van der Waals surface area contributed by atoms with E-state index >= 15 is 0 Å². The van der Waals surface area contributed by atoms with Gasteiger partial charge in [0.15, 0.2) is 0 Å². The summed E-state index contributed by atoms with van der Waals surface area (Å²) in [5, 5.41) is 3.68. The van der Waals surface area contributed by atoms with E-state index in [-0.39, 0.29) is 12.1 Å². The highest BCUT2D eigenvalue weighted by Gasteiger charge is 2.42. The molecule has 0 amide bonds. The second kappa shape index (κ2) is 7.93. The Morgan fingerprint density at radius 2 is 1.96 bits per heavy atom. The normalized spacial score (nSPS) is 41.2. The molecule has 0 radical (unpaired) electrons. The van der Waals surface area contributed by atoms with Crippen molar-refractivity contribution in [3.8, 4) is 0 Å². The van der Waals surface area contributed by atoms with Crippen LogP contribution in [0.3, 0.4) is 0 Å². The molecule has 0 aromatic carbocycles. The molecule has 0 aromatic rings. The minimum atomic E-state index is 0.0471. The van der Waals surface area contributed by atoms with Crippen molar-refractivity contribution in [2.75, 3.05) is 39.3 Å². The average Bonchev–Trinajstić information content (AvgIpc) is 2.64. The summed E-state index contributed by atoms with van der Waals surface area (Å²) in [4.78, 5) is 17.3. The maximum atomic E-state index is 12.1. The van der Waals surface area contributed by atoms with Gasteiger partial charge < -0.3 is 15.0 Å². The molecule has 5 atom stereocenters.